The third-order valence-electron chi connectivity index (χ3n) is 2.27. The number of nitrogens with one attached hydrogen (secondary N) is 1. The second-order valence-electron chi connectivity index (χ2n) is 3.93. The van der Waals surface area contributed by atoms with Crippen LogP contribution in [-0.2, 0) is 10.0 Å². The predicted molar refractivity (Wildman–Crippen MR) is 68.5 cm³/mol. The molecule has 0 spiro atoms. The Bertz CT molecular complexity index is 661. The van der Waals surface area contributed by atoms with Crippen LogP contribution in [0, 0.1) is 5.82 Å². The lowest BCUT2D eigenvalue weighted by Gasteiger charge is -2.10. The second-order valence-corrected chi connectivity index (χ2v) is 6.31. The summed E-state index contributed by atoms with van der Waals surface area (Å²) in [6.07, 6.45) is -5.77. The van der Waals surface area contributed by atoms with Gasteiger partial charge in [-0.2, -0.15) is 13.2 Å². The molecule has 5 nitrogen and oxygen atoms in total. The average molecular weight is 393 g/mol. The quantitative estimate of drug-likeness (QED) is 0.767. The molecule has 0 saturated heterocycles. The summed E-state index contributed by atoms with van der Waals surface area (Å²) in [6.45, 7) is -0.761. The maximum atomic E-state index is 13.6. The fourth-order valence-electron chi connectivity index (χ4n) is 1.33. The number of primary sulfonamides is 1. The molecule has 0 bridgehead atoms. The molecule has 21 heavy (non-hydrogen) atoms. The molecule has 0 radical (unpaired) electrons. The van der Waals surface area contributed by atoms with Crippen LogP contribution in [0.1, 0.15) is 16.8 Å². The number of halogens is 5. The number of nitrogens with two attached hydrogens (primary N) is 1. The summed E-state index contributed by atoms with van der Waals surface area (Å²) in [7, 11) is -4.22. The lowest BCUT2D eigenvalue weighted by atomic mass is 10.2. The number of hydrogen-bond donors (Lipinski definition) is 2. The first kappa shape index (κ1) is 17.9. The smallest absolute Gasteiger partial charge is 0.352 e. The highest BCUT2D eigenvalue weighted by Gasteiger charge is 2.27. The third-order valence-corrected chi connectivity index (χ3v) is 4.14. The summed E-state index contributed by atoms with van der Waals surface area (Å²) in [4.78, 5) is 11.0. The number of rotatable bonds is 4. The van der Waals surface area contributed by atoms with Crippen LogP contribution in [0.3, 0.4) is 0 Å². The van der Waals surface area contributed by atoms with E-state index in [-0.39, 0.29) is 4.47 Å². The van der Waals surface area contributed by atoms with E-state index in [0.29, 0.717) is 12.1 Å². The number of benzene rings is 1. The molecule has 1 rings (SSSR count). The molecule has 0 fully saturated rings. The van der Waals surface area contributed by atoms with Crippen molar-refractivity contribution in [1.82, 2.24) is 5.32 Å². The molecule has 0 aliphatic rings. The molecular weight excluding hydrogens is 384 g/mol. The zero-order valence-corrected chi connectivity index (χ0v) is 12.6. The zero-order valence-electron chi connectivity index (χ0n) is 10.2. The van der Waals surface area contributed by atoms with Gasteiger partial charge in [0.15, 0.2) is 0 Å². The molecule has 0 aliphatic heterocycles. The summed E-state index contributed by atoms with van der Waals surface area (Å²) in [5, 5.41) is 6.72. The van der Waals surface area contributed by atoms with Crippen molar-refractivity contribution in [3.05, 3.63) is 28.0 Å². The van der Waals surface area contributed by atoms with Crippen LogP contribution in [0.15, 0.2) is 21.5 Å². The van der Waals surface area contributed by atoms with Crippen molar-refractivity contribution in [2.24, 2.45) is 5.14 Å². The van der Waals surface area contributed by atoms with Crippen LogP contribution in [0.4, 0.5) is 17.6 Å². The molecule has 0 aliphatic carbocycles. The van der Waals surface area contributed by atoms with Gasteiger partial charge in [-0.25, -0.2) is 17.9 Å². The minimum Gasteiger partial charge on any atom is -0.352 e. The van der Waals surface area contributed by atoms with Crippen molar-refractivity contribution in [2.75, 3.05) is 6.54 Å². The maximum Gasteiger partial charge on any atom is 0.390 e. The van der Waals surface area contributed by atoms with Gasteiger partial charge in [-0.1, -0.05) is 0 Å². The minimum absolute atomic E-state index is 0.200. The standard InChI is InChI=1S/C10H9BrF4N2O3S/c11-6-4-7(12)5(3-8(6)21(16,19)20)9(18)17-2-1-10(13,14)15/h3-4H,1-2H2,(H,17,18)(H2,16,19,20). The van der Waals surface area contributed by atoms with Crippen LogP contribution >= 0.6 is 15.9 Å². The SMILES string of the molecule is NS(=O)(=O)c1cc(C(=O)NCCC(F)(F)F)c(F)cc1Br. The van der Waals surface area contributed by atoms with Crippen LogP contribution in [0.25, 0.3) is 0 Å². The first-order valence-electron chi connectivity index (χ1n) is 5.28. The fraction of sp³-hybridized carbons (Fsp3) is 0.300. The monoisotopic (exact) mass is 392 g/mol. The minimum atomic E-state index is -4.47. The van der Waals surface area contributed by atoms with Gasteiger partial charge in [0, 0.05) is 11.0 Å². The Labute approximate surface area is 125 Å². The van der Waals surface area contributed by atoms with Crippen molar-refractivity contribution < 1.29 is 30.8 Å². The number of carbonyl (C=O) groups is 1. The fourth-order valence-corrected chi connectivity index (χ4v) is 2.94. The molecule has 1 aromatic carbocycles. The summed E-state index contributed by atoms with van der Waals surface area (Å²) < 4.78 is 71.6. The number of amides is 1. The summed E-state index contributed by atoms with van der Waals surface area (Å²) in [5.41, 5.74) is -0.718. The van der Waals surface area contributed by atoms with Crippen LogP contribution < -0.4 is 10.5 Å². The van der Waals surface area contributed by atoms with E-state index in [9.17, 15) is 30.8 Å². The third kappa shape index (κ3) is 5.25. The van der Waals surface area contributed by atoms with Crippen molar-refractivity contribution >= 4 is 31.9 Å². The van der Waals surface area contributed by atoms with Crippen LogP contribution in [0.5, 0.6) is 0 Å². The second kappa shape index (κ2) is 6.28. The largest absolute Gasteiger partial charge is 0.390 e. The molecule has 11 heteroatoms. The Hall–Kier alpha value is -1.20. The molecule has 0 aromatic heterocycles. The van der Waals surface area contributed by atoms with Gasteiger partial charge in [-0.15, -0.1) is 0 Å². The lowest BCUT2D eigenvalue weighted by molar-refractivity contribution is -0.132. The van der Waals surface area contributed by atoms with Crippen molar-refractivity contribution in [3.8, 4) is 0 Å². The van der Waals surface area contributed by atoms with Gasteiger partial charge in [0.2, 0.25) is 10.0 Å². The average Bonchev–Trinajstić information content (AvgIpc) is 2.24. The molecule has 118 valence electrons. The molecule has 0 heterocycles. The topological polar surface area (TPSA) is 89.3 Å². The highest BCUT2D eigenvalue weighted by molar-refractivity contribution is 9.10. The van der Waals surface area contributed by atoms with E-state index < -0.39 is 51.3 Å². The number of hydrogen-bond acceptors (Lipinski definition) is 3. The molecule has 3 N–H and O–H groups in total. The van der Waals surface area contributed by atoms with Gasteiger partial charge < -0.3 is 5.32 Å². The first-order valence-corrected chi connectivity index (χ1v) is 7.62. The Morgan fingerprint density at radius 3 is 2.38 bits per heavy atom. The lowest BCUT2D eigenvalue weighted by Crippen LogP contribution is -2.29. The van der Waals surface area contributed by atoms with Gasteiger partial charge in [-0.05, 0) is 28.1 Å². The Morgan fingerprint density at radius 2 is 1.90 bits per heavy atom. The Morgan fingerprint density at radius 1 is 1.33 bits per heavy atom. The van der Waals surface area contributed by atoms with Crippen LogP contribution in [0.2, 0.25) is 0 Å². The zero-order chi connectivity index (χ0) is 16.4. The highest BCUT2D eigenvalue weighted by Crippen LogP contribution is 2.25. The highest BCUT2D eigenvalue weighted by atomic mass is 79.9. The van der Waals surface area contributed by atoms with Crippen molar-refractivity contribution in [3.63, 3.8) is 0 Å². The Balaban J connectivity index is 3.00. The van der Waals surface area contributed by atoms with E-state index >= 15 is 0 Å². The van der Waals surface area contributed by atoms with E-state index in [1.807, 2.05) is 5.32 Å². The molecule has 0 atom stereocenters. The van der Waals surface area contributed by atoms with E-state index in [2.05, 4.69) is 15.9 Å². The molecule has 0 saturated carbocycles. The molecule has 1 amide bonds. The van der Waals surface area contributed by atoms with Gasteiger partial charge in [0.05, 0.1) is 16.9 Å². The molecule has 1 aromatic rings. The van der Waals surface area contributed by atoms with E-state index in [4.69, 9.17) is 5.14 Å². The van der Waals surface area contributed by atoms with E-state index in [1.165, 1.54) is 0 Å². The van der Waals surface area contributed by atoms with E-state index in [1.54, 1.807) is 0 Å². The predicted octanol–water partition coefficient (Wildman–Crippen LogP) is 1.92. The van der Waals surface area contributed by atoms with Gasteiger partial charge in [0.25, 0.3) is 5.91 Å². The number of carbonyl (C=O) groups excluding carboxylic acids is 1. The summed E-state index contributed by atoms with van der Waals surface area (Å²) in [5.74, 6) is -2.27. The number of alkyl halides is 3. The maximum absolute atomic E-state index is 13.6. The molecule has 0 unspecified atom stereocenters. The first-order chi connectivity index (χ1) is 9.42. The summed E-state index contributed by atoms with van der Waals surface area (Å²) >= 11 is 2.77. The summed E-state index contributed by atoms with van der Waals surface area (Å²) in [6, 6.07) is 1.34. The number of sulfonamides is 1. The van der Waals surface area contributed by atoms with Gasteiger partial charge in [0.1, 0.15) is 5.82 Å². The molecular formula is C10H9BrF4N2O3S. The van der Waals surface area contributed by atoms with Crippen LogP contribution in [-0.4, -0.2) is 27.0 Å². The van der Waals surface area contributed by atoms with Gasteiger partial charge >= 0.3 is 6.18 Å². The normalized spacial score (nSPS) is 12.3. The van der Waals surface area contributed by atoms with Gasteiger partial charge in [-0.3, -0.25) is 4.79 Å². The van der Waals surface area contributed by atoms with Crippen molar-refractivity contribution in [1.29, 1.82) is 0 Å². The van der Waals surface area contributed by atoms with Crippen molar-refractivity contribution in [2.45, 2.75) is 17.5 Å². The van der Waals surface area contributed by atoms with E-state index in [0.717, 1.165) is 0 Å². The Kier molecular flexibility index (Phi) is 5.34.